The molecule has 0 fully saturated rings. The van der Waals surface area contributed by atoms with E-state index < -0.39 is 0 Å². The van der Waals surface area contributed by atoms with Crippen LogP contribution in [0.1, 0.15) is 24.8 Å². The Labute approximate surface area is 97.7 Å². The maximum absolute atomic E-state index is 3.28. The van der Waals surface area contributed by atoms with Crippen LogP contribution in [0.3, 0.4) is 0 Å². The Kier molecular flexibility index (Phi) is 6.53. The number of rotatable bonds is 7. The molecule has 0 aliphatic rings. The first-order valence-corrected chi connectivity index (χ1v) is 6.81. The second-order valence-electron chi connectivity index (χ2n) is 3.65. The highest BCUT2D eigenvalue weighted by atomic mass is 32.2. The van der Waals surface area contributed by atoms with Gasteiger partial charge in [0.1, 0.15) is 0 Å². The summed E-state index contributed by atoms with van der Waals surface area (Å²) >= 11 is 2.03. The Balaban J connectivity index is 2.50. The standard InChI is InChI=1S/C13H21NS/c1-3-15-10-9-13(11-14-2)12-7-5-4-6-8-12/h4-8,13-14H,3,9-11H2,1-2H3. The fourth-order valence-electron chi connectivity index (χ4n) is 1.73. The van der Waals surface area contributed by atoms with Crippen LogP contribution >= 0.6 is 11.8 Å². The summed E-state index contributed by atoms with van der Waals surface area (Å²) in [6, 6.07) is 10.8. The Hall–Kier alpha value is -0.470. The van der Waals surface area contributed by atoms with Crippen molar-refractivity contribution >= 4 is 11.8 Å². The van der Waals surface area contributed by atoms with E-state index in [0.29, 0.717) is 5.92 Å². The lowest BCUT2D eigenvalue weighted by Crippen LogP contribution is -2.17. The predicted molar refractivity (Wildman–Crippen MR) is 70.7 cm³/mol. The van der Waals surface area contributed by atoms with Crippen LogP contribution in [0.5, 0.6) is 0 Å². The largest absolute Gasteiger partial charge is 0.319 e. The molecule has 1 unspecified atom stereocenters. The van der Waals surface area contributed by atoms with Gasteiger partial charge >= 0.3 is 0 Å². The summed E-state index contributed by atoms with van der Waals surface area (Å²) in [7, 11) is 2.03. The highest BCUT2D eigenvalue weighted by molar-refractivity contribution is 7.99. The highest BCUT2D eigenvalue weighted by Crippen LogP contribution is 2.20. The van der Waals surface area contributed by atoms with E-state index in [1.807, 2.05) is 18.8 Å². The van der Waals surface area contributed by atoms with Gasteiger partial charge in [-0.3, -0.25) is 0 Å². The molecule has 1 rings (SSSR count). The molecule has 0 spiro atoms. The number of hydrogen-bond donors (Lipinski definition) is 1. The Morgan fingerprint density at radius 2 is 2.00 bits per heavy atom. The van der Waals surface area contributed by atoms with Crippen molar-refractivity contribution in [1.82, 2.24) is 5.32 Å². The molecule has 2 heteroatoms. The molecule has 0 aromatic heterocycles. The topological polar surface area (TPSA) is 12.0 Å². The lowest BCUT2D eigenvalue weighted by molar-refractivity contribution is 0.616. The van der Waals surface area contributed by atoms with Gasteiger partial charge in [0.2, 0.25) is 0 Å². The van der Waals surface area contributed by atoms with E-state index in [9.17, 15) is 0 Å². The number of likely N-dealkylation sites (N-methyl/N-ethyl adjacent to an activating group) is 1. The molecule has 15 heavy (non-hydrogen) atoms. The first kappa shape index (κ1) is 12.6. The van der Waals surface area contributed by atoms with Crippen molar-refractivity contribution in [2.45, 2.75) is 19.3 Å². The fourth-order valence-corrected chi connectivity index (χ4v) is 2.47. The summed E-state index contributed by atoms with van der Waals surface area (Å²) in [6.07, 6.45) is 1.27. The molecule has 1 aromatic rings. The number of nitrogens with one attached hydrogen (secondary N) is 1. The lowest BCUT2D eigenvalue weighted by Gasteiger charge is -2.16. The third-order valence-corrected chi connectivity index (χ3v) is 3.47. The summed E-state index contributed by atoms with van der Waals surface area (Å²) < 4.78 is 0. The molecule has 0 saturated heterocycles. The minimum Gasteiger partial charge on any atom is -0.319 e. The van der Waals surface area contributed by atoms with Gasteiger partial charge in [0.15, 0.2) is 0 Å². The number of benzene rings is 1. The Morgan fingerprint density at radius 3 is 2.60 bits per heavy atom. The van der Waals surface area contributed by atoms with Crippen LogP contribution in [0, 0.1) is 0 Å². The van der Waals surface area contributed by atoms with Crippen LogP contribution in [-0.4, -0.2) is 25.1 Å². The van der Waals surface area contributed by atoms with Gasteiger partial charge in [-0.1, -0.05) is 37.3 Å². The zero-order chi connectivity index (χ0) is 10.9. The fraction of sp³-hybridized carbons (Fsp3) is 0.538. The van der Waals surface area contributed by atoms with E-state index in [0.717, 1.165) is 6.54 Å². The van der Waals surface area contributed by atoms with E-state index in [4.69, 9.17) is 0 Å². The molecule has 0 aliphatic heterocycles. The predicted octanol–water partition coefficient (Wildman–Crippen LogP) is 3.13. The Morgan fingerprint density at radius 1 is 1.27 bits per heavy atom. The van der Waals surface area contributed by atoms with Crippen LogP contribution in [0.4, 0.5) is 0 Å². The van der Waals surface area contributed by atoms with Crippen molar-refractivity contribution in [3.05, 3.63) is 35.9 Å². The van der Waals surface area contributed by atoms with Gasteiger partial charge in [0, 0.05) is 6.54 Å². The van der Waals surface area contributed by atoms with Gasteiger partial charge in [0.05, 0.1) is 0 Å². The van der Waals surface area contributed by atoms with Gasteiger partial charge in [-0.15, -0.1) is 0 Å². The smallest absolute Gasteiger partial charge is 0.00174 e. The molecule has 0 bridgehead atoms. The van der Waals surface area contributed by atoms with Gasteiger partial charge in [-0.25, -0.2) is 0 Å². The molecule has 0 saturated carbocycles. The zero-order valence-corrected chi connectivity index (χ0v) is 10.5. The van der Waals surface area contributed by atoms with Crippen LogP contribution in [0.25, 0.3) is 0 Å². The van der Waals surface area contributed by atoms with E-state index in [1.54, 1.807) is 0 Å². The van der Waals surface area contributed by atoms with Crippen LogP contribution in [0.2, 0.25) is 0 Å². The molecular weight excluding hydrogens is 202 g/mol. The van der Waals surface area contributed by atoms with Gasteiger partial charge in [-0.05, 0) is 36.5 Å². The van der Waals surface area contributed by atoms with Crippen molar-refractivity contribution in [3.63, 3.8) is 0 Å². The lowest BCUT2D eigenvalue weighted by atomic mass is 9.96. The molecule has 84 valence electrons. The Bertz CT molecular complexity index is 248. The molecular formula is C13H21NS. The van der Waals surface area contributed by atoms with Gasteiger partial charge in [0.25, 0.3) is 0 Å². The van der Waals surface area contributed by atoms with Crippen molar-refractivity contribution < 1.29 is 0 Å². The van der Waals surface area contributed by atoms with Crippen molar-refractivity contribution in [2.24, 2.45) is 0 Å². The molecule has 0 radical (unpaired) electrons. The average Bonchev–Trinajstić information content (AvgIpc) is 2.29. The molecule has 0 heterocycles. The van der Waals surface area contributed by atoms with Gasteiger partial charge in [-0.2, -0.15) is 11.8 Å². The van der Waals surface area contributed by atoms with E-state index in [2.05, 4.69) is 42.6 Å². The molecule has 0 amide bonds. The summed E-state index contributed by atoms with van der Waals surface area (Å²) in [4.78, 5) is 0. The van der Waals surface area contributed by atoms with Crippen molar-refractivity contribution in [3.8, 4) is 0 Å². The SMILES string of the molecule is CCSCCC(CNC)c1ccccc1. The maximum atomic E-state index is 3.28. The van der Waals surface area contributed by atoms with Gasteiger partial charge < -0.3 is 5.32 Å². The first-order valence-electron chi connectivity index (χ1n) is 5.65. The monoisotopic (exact) mass is 223 g/mol. The second kappa shape index (κ2) is 7.77. The number of hydrogen-bond acceptors (Lipinski definition) is 2. The van der Waals surface area contributed by atoms with E-state index >= 15 is 0 Å². The third-order valence-electron chi connectivity index (χ3n) is 2.54. The molecule has 1 atom stereocenters. The first-order chi connectivity index (χ1) is 7.38. The zero-order valence-electron chi connectivity index (χ0n) is 9.70. The molecule has 0 aliphatic carbocycles. The summed E-state index contributed by atoms with van der Waals surface area (Å²) in [5, 5.41) is 3.28. The van der Waals surface area contributed by atoms with Crippen LogP contribution in [0.15, 0.2) is 30.3 Å². The third kappa shape index (κ3) is 4.72. The summed E-state index contributed by atoms with van der Waals surface area (Å²) in [5.41, 5.74) is 1.46. The summed E-state index contributed by atoms with van der Waals surface area (Å²) in [5.74, 6) is 3.15. The van der Waals surface area contributed by atoms with E-state index in [-0.39, 0.29) is 0 Å². The molecule has 1 aromatic carbocycles. The minimum absolute atomic E-state index is 0.662. The quantitative estimate of drug-likeness (QED) is 0.713. The van der Waals surface area contributed by atoms with Crippen molar-refractivity contribution in [2.75, 3.05) is 25.1 Å². The minimum atomic E-state index is 0.662. The molecule has 1 N–H and O–H groups in total. The average molecular weight is 223 g/mol. The second-order valence-corrected chi connectivity index (χ2v) is 5.04. The highest BCUT2D eigenvalue weighted by Gasteiger charge is 2.09. The van der Waals surface area contributed by atoms with Crippen molar-refractivity contribution in [1.29, 1.82) is 0 Å². The summed E-state index contributed by atoms with van der Waals surface area (Å²) in [6.45, 7) is 3.30. The van der Waals surface area contributed by atoms with Crippen LogP contribution < -0.4 is 5.32 Å². The maximum Gasteiger partial charge on any atom is 0.00174 e. The van der Waals surface area contributed by atoms with E-state index in [1.165, 1.54) is 23.5 Å². The number of thioether (sulfide) groups is 1. The van der Waals surface area contributed by atoms with Crippen LogP contribution in [-0.2, 0) is 0 Å². The normalized spacial score (nSPS) is 12.7. The molecule has 1 nitrogen and oxygen atoms in total.